The number of amides is 1. The van der Waals surface area contributed by atoms with Gasteiger partial charge < -0.3 is 4.90 Å². The molecule has 0 aliphatic heterocycles. The van der Waals surface area contributed by atoms with E-state index in [1.807, 2.05) is 63.4 Å². The number of carbonyl (C=O) groups excluding carboxylic acids is 1. The highest BCUT2D eigenvalue weighted by Crippen LogP contribution is 2.29. The van der Waals surface area contributed by atoms with Crippen LogP contribution in [-0.4, -0.2) is 27.4 Å². The number of fused-ring (bicyclic) bond motifs is 1. The lowest BCUT2D eigenvalue weighted by atomic mass is 9.84. The largest absolute Gasteiger partial charge is 0.336 e. The molecule has 1 aromatic heterocycles. The van der Waals surface area contributed by atoms with E-state index in [1.165, 1.54) is 5.56 Å². The summed E-state index contributed by atoms with van der Waals surface area (Å²) >= 11 is 0. The molecule has 0 N–H and O–H groups in total. The second-order valence-electron chi connectivity index (χ2n) is 10.9. The molecule has 2 unspecified atom stereocenters. The van der Waals surface area contributed by atoms with Crippen LogP contribution < -0.4 is 5.56 Å². The van der Waals surface area contributed by atoms with Crippen LogP contribution in [0.1, 0.15) is 76.9 Å². The maximum atomic E-state index is 13.7. The Morgan fingerprint density at radius 2 is 1.76 bits per heavy atom. The second-order valence-corrected chi connectivity index (χ2v) is 10.9. The lowest BCUT2D eigenvalue weighted by Gasteiger charge is -2.31. The fraction of sp³-hybridized carbons (Fsp3) is 0.483. The number of hydrogen-bond donors (Lipinski definition) is 0. The highest BCUT2D eigenvalue weighted by molar-refractivity contribution is 5.79. The third-order valence-electron chi connectivity index (χ3n) is 6.58. The highest BCUT2D eigenvalue weighted by atomic mass is 16.2. The second kappa shape index (κ2) is 10.1. The Kier molecular flexibility index (Phi) is 7.64. The van der Waals surface area contributed by atoms with Gasteiger partial charge >= 0.3 is 0 Å². The van der Waals surface area contributed by atoms with Crippen LogP contribution in [0.5, 0.6) is 0 Å². The smallest absolute Gasteiger partial charge is 0.266 e. The van der Waals surface area contributed by atoms with Gasteiger partial charge in [0.2, 0.25) is 5.91 Å². The molecule has 3 rings (SSSR count). The fourth-order valence-corrected chi connectivity index (χ4v) is 4.85. The minimum absolute atomic E-state index is 0.0812. The van der Waals surface area contributed by atoms with Crippen LogP contribution in [0.25, 0.3) is 16.6 Å². The van der Waals surface area contributed by atoms with Crippen LogP contribution in [-0.2, 0) is 4.79 Å². The van der Waals surface area contributed by atoms with Crippen molar-refractivity contribution in [2.75, 3.05) is 7.05 Å². The summed E-state index contributed by atoms with van der Waals surface area (Å²) in [5.74, 6) is 0.963. The van der Waals surface area contributed by atoms with Crippen molar-refractivity contribution in [2.45, 2.75) is 73.8 Å². The molecule has 0 bridgehead atoms. The summed E-state index contributed by atoms with van der Waals surface area (Å²) in [6.07, 6.45) is 2.11. The first-order chi connectivity index (χ1) is 15.9. The highest BCUT2D eigenvalue weighted by Gasteiger charge is 2.28. The van der Waals surface area contributed by atoms with Crippen molar-refractivity contribution in [1.29, 1.82) is 0 Å². The van der Waals surface area contributed by atoms with E-state index >= 15 is 0 Å². The molecular weight excluding hydrogens is 422 g/mol. The number of carbonyl (C=O) groups is 1. The van der Waals surface area contributed by atoms with Crippen molar-refractivity contribution >= 4 is 16.8 Å². The van der Waals surface area contributed by atoms with Crippen molar-refractivity contribution in [2.24, 2.45) is 11.3 Å². The predicted octanol–water partition coefficient (Wildman–Crippen LogP) is 6.37. The summed E-state index contributed by atoms with van der Waals surface area (Å²) in [6.45, 7) is 14.9. The van der Waals surface area contributed by atoms with Crippen molar-refractivity contribution < 1.29 is 4.79 Å². The molecule has 0 saturated carbocycles. The molecular formula is C29H39N3O2. The first kappa shape index (κ1) is 25.7. The standard InChI is InChI=1S/C29H39N3O2/c1-9-25(31(8)26(33)16-19(2)18-29(5,6)7)27-30-24-13-11-10-12-23(24)28(34)32(27)22-15-14-20(3)21(4)17-22/h10-15,17,19,25H,9,16,18H2,1-8H3. The number of aryl methyl sites for hydroxylation is 2. The number of rotatable bonds is 7. The minimum Gasteiger partial charge on any atom is -0.336 e. The zero-order chi connectivity index (χ0) is 25.2. The molecule has 0 fully saturated rings. The lowest BCUT2D eigenvalue weighted by Crippen LogP contribution is -2.36. The number of hydrogen-bond acceptors (Lipinski definition) is 3. The van der Waals surface area contributed by atoms with Gasteiger partial charge in [-0.1, -0.05) is 52.8 Å². The van der Waals surface area contributed by atoms with Crippen molar-refractivity contribution in [3.8, 4) is 5.69 Å². The van der Waals surface area contributed by atoms with E-state index in [2.05, 4.69) is 34.6 Å². The summed E-state index contributed by atoms with van der Waals surface area (Å²) < 4.78 is 1.70. The van der Waals surface area contributed by atoms with Gasteiger partial charge in [-0.25, -0.2) is 4.98 Å². The fourth-order valence-electron chi connectivity index (χ4n) is 4.85. The van der Waals surface area contributed by atoms with Gasteiger partial charge in [0.15, 0.2) is 0 Å². The normalized spacial score (nSPS) is 13.6. The summed E-state index contributed by atoms with van der Waals surface area (Å²) in [4.78, 5) is 33.8. The topological polar surface area (TPSA) is 55.2 Å². The molecule has 0 saturated heterocycles. The maximum Gasteiger partial charge on any atom is 0.266 e. The zero-order valence-electron chi connectivity index (χ0n) is 22.0. The van der Waals surface area contributed by atoms with E-state index in [9.17, 15) is 9.59 Å². The average Bonchev–Trinajstić information content (AvgIpc) is 2.75. The summed E-state index contributed by atoms with van der Waals surface area (Å²) in [5, 5.41) is 0.576. The van der Waals surface area contributed by atoms with E-state index < -0.39 is 0 Å². The third kappa shape index (κ3) is 5.57. The third-order valence-corrected chi connectivity index (χ3v) is 6.58. The van der Waals surface area contributed by atoms with Gasteiger partial charge in [0.1, 0.15) is 5.82 Å². The number of para-hydroxylation sites is 1. The van der Waals surface area contributed by atoms with E-state index in [0.717, 1.165) is 17.7 Å². The van der Waals surface area contributed by atoms with Gasteiger partial charge in [-0.3, -0.25) is 14.2 Å². The van der Waals surface area contributed by atoms with Crippen LogP contribution in [0, 0.1) is 25.2 Å². The summed E-state index contributed by atoms with van der Waals surface area (Å²) in [5.41, 5.74) is 3.77. The van der Waals surface area contributed by atoms with E-state index in [0.29, 0.717) is 29.6 Å². The van der Waals surface area contributed by atoms with Crippen molar-refractivity contribution in [3.63, 3.8) is 0 Å². The Morgan fingerprint density at radius 1 is 1.09 bits per heavy atom. The minimum atomic E-state index is -0.312. The van der Waals surface area contributed by atoms with Gasteiger partial charge in [-0.15, -0.1) is 0 Å². The van der Waals surface area contributed by atoms with Crippen molar-refractivity contribution in [1.82, 2.24) is 14.5 Å². The van der Waals surface area contributed by atoms with Crippen LogP contribution in [0.15, 0.2) is 47.3 Å². The molecule has 2 atom stereocenters. The van der Waals surface area contributed by atoms with E-state index in [1.54, 1.807) is 9.47 Å². The Hall–Kier alpha value is -2.95. The molecule has 5 heteroatoms. The molecule has 3 aromatic rings. The van der Waals surface area contributed by atoms with Crippen LogP contribution in [0.2, 0.25) is 0 Å². The number of nitrogens with zero attached hydrogens (tertiary/aromatic N) is 3. The molecule has 0 aliphatic carbocycles. The molecule has 0 spiro atoms. The molecule has 0 aliphatic rings. The Morgan fingerprint density at radius 3 is 2.38 bits per heavy atom. The molecule has 0 radical (unpaired) electrons. The van der Waals surface area contributed by atoms with Gasteiger partial charge in [-0.2, -0.15) is 0 Å². The molecule has 1 amide bonds. The molecule has 1 heterocycles. The first-order valence-corrected chi connectivity index (χ1v) is 12.3. The molecule has 5 nitrogen and oxygen atoms in total. The molecule has 34 heavy (non-hydrogen) atoms. The SMILES string of the molecule is CCC(c1nc2ccccc2c(=O)n1-c1ccc(C)c(C)c1)N(C)C(=O)CC(C)CC(C)(C)C. The first-order valence-electron chi connectivity index (χ1n) is 12.3. The lowest BCUT2D eigenvalue weighted by molar-refractivity contribution is -0.133. The average molecular weight is 462 g/mol. The van der Waals surface area contributed by atoms with Gasteiger partial charge in [0, 0.05) is 13.5 Å². The monoisotopic (exact) mass is 461 g/mol. The Labute approximate surface area is 203 Å². The molecule has 2 aromatic carbocycles. The number of aromatic nitrogens is 2. The quantitative estimate of drug-likeness (QED) is 0.410. The van der Waals surface area contributed by atoms with E-state index in [-0.39, 0.29) is 28.8 Å². The van der Waals surface area contributed by atoms with E-state index in [4.69, 9.17) is 4.98 Å². The Bertz CT molecular complexity index is 1240. The van der Waals surface area contributed by atoms with Crippen LogP contribution in [0.4, 0.5) is 0 Å². The van der Waals surface area contributed by atoms with Gasteiger partial charge in [-0.05, 0) is 73.4 Å². The van der Waals surface area contributed by atoms with Crippen LogP contribution in [0.3, 0.4) is 0 Å². The Balaban J connectivity index is 2.11. The summed E-state index contributed by atoms with van der Waals surface area (Å²) in [6, 6.07) is 13.1. The van der Waals surface area contributed by atoms with Gasteiger partial charge in [0.25, 0.3) is 5.56 Å². The number of benzene rings is 2. The van der Waals surface area contributed by atoms with Gasteiger partial charge in [0.05, 0.1) is 22.6 Å². The predicted molar refractivity (Wildman–Crippen MR) is 140 cm³/mol. The maximum absolute atomic E-state index is 13.7. The van der Waals surface area contributed by atoms with Crippen molar-refractivity contribution in [3.05, 3.63) is 69.8 Å². The molecule has 182 valence electrons. The zero-order valence-corrected chi connectivity index (χ0v) is 22.0. The summed E-state index contributed by atoms with van der Waals surface area (Å²) in [7, 11) is 1.84. The van der Waals surface area contributed by atoms with Crippen LogP contribution >= 0.6 is 0 Å².